The van der Waals surface area contributed by atoms with Gasteiger partial charge < -0.3 is 15.1 Å². The van der Waals surface area contributed by atoms with Crippen LogP contribution in [0.15, 0.2) is 30.0 Å². The molecule has 1 saturated heterocycles. The number of carboxylic acids is 1. The van der Waals surface area contributed by atoms with Gasteiger partial charge in [-0.15, -0.1) is 0 Å². The van der Waals surface area contributed by atoms with E-state index < -0.39 is 18.0 Å². The number of Topliss-reactive ketones (excluding diaryl/α,β-unsaturated/α-hetero) is 1. The Morgan fingerprint density at radius 3 is 2.25 bits per heavy atom. The van der Waals surface area contributed by atoms with E-state index in [0.29, 0.717) is 16.7 Å². The van der Waals surface area contributed by atoms with Crippen molar-refractivity contribution < 1.29 is 24.6 Å². The number of aliphatic carboxylic acids is 1. The summed E-state index contributed by atoms with van der Waals surface area (Å²) in [6, 6.07) is 6.38. The standard InChI is InChI=1S/C18H19NO5/c1-8-13(12-6-4-11(5-7-12)9(2)20)16(18(23)24)19-15(8)14(10(3)21)17(19)22/h4-8,10,14-15,21H,1-3H3,(H,23,24)/t8-,10+,14+,15+/m0/s1. The van der Waals surface area contributed by atoms with Gasteiger partial charge >= 0.3 is 5.97 Å². The molecule has 0 radical (unpaired) electrons. The van der Waals surface area contributed by atoms with Crippen LogP contribution in [0.5, 0.6) is 0 Å². The summed E-state index contributed by atoms with van der Waals surface area (Å²) in [4.78, 5) is 36.7. The Morgan fingerprint density at radius 1 is 1.21 bits per heavy atom. The summed E-state index contributed by atoms with van der Waals surface area (Å²) in [5, 5.41) is 19.4. The lowest BCUT2D eigenvalue weighted by atomic mass is 9.77. The Morgan fingerprint density at radius 2 is 1.79 bits per heavy atom. The topological polar surface area (TPSA) is 94.9 Å². The lowest BCUT2D eigenvalue weighted by molar-refractivity contribution is -0.163. The molecule has 3 rings (SSSR count). The first-order valence-corrected chi connectivity index (χ1v) is 7.85. The smallest absolute Gasteiger partial charge is 0.352 e. The van der Waals surface area contributed by atoms with Gasteiger partial charge in [0.25, 0.3) is 0 Å². The average Bonchev–Trinajstić information content (AvgIpc) is 2.76. The number of carboxylic acid groups (broad SMARTS) is 1. The number of amides is 1. The highest BCUT2D eigenvalue weighted by Crippen LogP contribution is 2.50. The number of benzene rings is 1. The molecular formula is C18H19NO5. The van der Waals surface area contributed by atoms with E-state index in [9.17, 15) is 24.6 Å². The maximum absolute atomic E-state index is 12.3. The molecule has 1 fully saturated rings. The van der Waals surface area contributed by atoms with Gasteiger partial charge in [0.05, 0.1) is 18.1 Å². The molecule has 6 nitrogen and oxygen atoms in total. The van der Waals surface area contributed by atoms with Gasteiger partial charge in [0.15, 0.2) is 5.78 Å². The summed E-state index contributed by atoms with van der Waals surface area (Å²) in [5.41, 5.74) is 1.77. The second-order valence-electron chi connectivity index (χ2n) is 6.45. The zero-order chi connectivity index (χ0) is 17.8. The average molecular weight is 329 g/mol. The largest absolute Gasteiger partial charge is 0.477 e. The summed E-state index contributed by atoms with van der Waals surface area (Å²) in [5.74, 6) is -2.37. The number of nitrogens with zero attached hydrogens (tertiary/aromatic N) is 1. The van der Waals surface area contributed by atoms with Crippen LogP contribution < -0.4 is 0 Å². The van der Waals surface area contributed by atoms with Crippen molar-refractivity contribution in [2.45, 2.75) is 32.9 Å². The van der Waals surface area contributed by atoms with Crippen molar-refractivity contribution in [2.75, 3.05) is 0 Å². The lowest BCUT2D eigenvalue weighted by Gasteiger charge is -2.46. The molecule has 6 heteroatoms. The van der Waals surface area contributed by atoms with Crippen LogP contribution in [-0.2, 0) is 9.59 Å². The number of aliphatic hydroxyl groups excluding tert-OH is 1. The number of hydrogen-bond donors (Lipinski definition) is 2. The van der Waals surface area contributed by atoms with E-state index in [2.05, 4.69) is 0 Å². The number of β-lactam (4-membered cyclic amide) rings is 1. The fourth-order valence-corrected chi connectivity index (χ4v) is 3.84. The number of aliphatic hydroxyl groups is 1. The van der Waals surface area contributed by atoms with Gasteiger partial charge in [-0.2, -0.15) is 0 Å². The highest BCUT2D eigenvalue weighted by atomic mass is 16.4. The van der Waals surface area contributed by atoms with Crippen molar-refractivity contribution in [3.05, 3.63) is 41.1 Å². The fraction of sp³-hybridized carbons (Fsp3) is 0.389. The Balaban J connectivity index is 2.07. The minimum Gasteiger partial charge on any atom is -0.477 e. The summed E-state index contributed by atoms with van der Waals surface area (Å²) in [7, 11) is 0. The van der Waals surface area contributed by atoms with E-state index in [-0.39, 0.29) is 29.3 Å². The van der Waals surface area contributed by atoms with Crippen LogP contribution in [0.25, 0.3) is 5.57 Å². The van der Waals surface area contributed by atoms with E-state index in [1.165, 1.54) is 11.8 Å². The number of ketones is 1. The molecular weight excluding hydrogens is 310 g/mol. The van der Waals surface area contributed by atoms with Gasteiger partial charge in [-0.3, -0.25) is 9.59 Å². The molecule has 2 N–H and O–H groups in total. The quantitative estimate of drug-likeness (QED) is 0.645. The Bertz CT molecular complexity index is 762. The van der Waals surface area contributed by atoms with Gasteiger partial charge in [-0.1, -0.05) is 31.2 Å². The summed E-state index contributed by atoms with van der Waals surface area (Å²) in [6.45, 7) is 4.88. The molecule has 1 aromatic carbocycles. The second-order valence-corrected chi connectivity index (χ2v) is 6.45. The first-order valence-electron chi connectivity index (χ1n) is 7.85. The van der Waals surface area contributed by atoms with Crippen LogP contribution in [0.4, 0.5) is 0 Å². The van der Waals surface area contributed by atoms with Crippen molar-refractivity contribution in [2.24, 2.45) is 11.8 Å². The molecule has 0 spiro atoms. The van der Waals surface area contributed by atoms with Crippen molar-refractivity contribution in [3.8, 4) is 0 Å². The van der Waals surface area contributed by atoms with Crippen LogP contribution in [0.2, 0.25) is 0 Å². The molecule has 2 aliphatic rings. The second kappa shape index (κ2) is 5.56. The molecule has 126 valence electrons. The maximum Gasteiger partial charge on any atom is 0.352 e. The highest BCUT2D eigenvalue weighted by Gasteiger charge is 2.59. The zero-order valence-corrected chi connectivity index (χ0v) is 13.7. The minimum absolute atomic E-state index is 0.0232. The van der Waals surface area contributed by atoms with E-state index >= 15 is 0 Å². The third-order valence-electron chi connectivity index (χ3n) is 4.98. The maximum atomic E-state index is 12.3. The molecule has 1 amide bonds. The Labute approximate surface area is 139 Å². The predicted molar refractivity (Wildman–Crippen MR) is 86.0 cm³/mol. The number of rotatable bonds is 4. The molecule has 0 aromatic heterocycles. The summed E-state index contributed by atoms with van der Waals surface area (Å²) in [6.07, 6.45) is -0.823. The molecule has 4 atom stereocenters. The van der Waals surface area contributed by atoms with Gasteiger partial charge in [0.1, 0.15) is 5.70 Å². The van der Waals surface area contributed by atoms with Gasteiger partial charge in [0, 0.05) is 11.5 Å². The molecule has 24 heavy (non-hydrogen) atoms. The summed E-state index contributed by atoms with van der Waals surface area (Å²) < 4.78 is 0. The van der Waals surface area contributed by atoms with Crippen LogP contribution in [0, 0.1) is 11.8 Å². The van der Waals surface area contributed by atoms with E-state index in [4.69, 9.17) is 0 Å². The molecule has 0 bridgehead atoms. The van der Waals surface area contributed by atoms with Crippen molar-refractivity contribution in [3.63, 3.8) is 0 Å². The van der Waals surface area contributed by atoms with Crippen molar-refractivity contribution >= 4 is 23.2 Å². The number of hydrogen-bond acceptors (Lipinski definition) is 4. The van der Waals surface area contributed by atoms with Crippen LogP contribution in [0.3, 0.4) is 0 Å². The molecule has 2 heterocycles. The Hall–Kier alpha value is -2.47. The minimum atomic E-state index is -1.16. The van der Waals surface area contributed by atoms with Crippen molar-refractivity contribution in [1.82, 2.24) is 4.90 Å². The van der Waals surface area contributed by atoms with Gasteiger partial charge in [0.2, 0.25) is 5.91 Å². The van der Waals surface area contributed by atoms with Crippen molar-refractivity contribution in [1.29, 1.82) is 0 Å². The van der Waals surface area contributed by atoms with Gasteiger partial charge in [-0.05, 0) is 25.0 Å². The van der Waals surface area contributed by atoms with Crippen LogP contribution in [0.1, 0.15) is 36.7 Å². The number of carbonyl (C=O) groups excluding carboxylic acids is 2. The van der Waals surface area contributed by atoms with E-state index in [1.807, 2.05) is 6.92 Å². The van der Waals surface area contributed by atoms with Crippen LogP contribution in [-0.4, -0.2) is 44.9 Å². The first kappa shape index (κ1) is 16.4. The zero-order valence-electron chi connectivity index (χ0n) is 13.7. The van der Waals surface area contributed by atoms with Crippen LogP contribution >= 0.6 is 0 Å². The SMILES string of the molecule is CC(=O)c1ccc(C2=C(C(=O)O)N3C(=O)[C@H]([C@@H](C)O)[C@H]3[C@H]2C)cc1. The third kappa shape index (κ3) is 2.17. The predicted octanol–water partition coefficient (Wildman–Crippen LogP) is 1.54. The number of fused-ring (bicyclic) bond motifs is 1. The lowest BCUT2D eigenvalue weighted by Crippen LogP contribution is -2.63. The summed E-state index contributed by atoms with van der Waals surface area (Å²) >= 11 is 0. The molecule has 0 unspecified atom stereocenters. The normalized spacial score (nSPS) is 26.9. The first-order chi connectivity index (χ1) is 11.3. The molecule has 2 aliphatic heterocycles. The van der Waals surface area contributed by atoms with E-state index in [1.54, 1.807) is 31.2 Å². The number of carbonyl (C=O) groups is 3. The molecule has 0 saturated carbocycles. The fourth-order valence-electron chi connectivity index (χ4n) is 3.84. The monoisotopic (exact) mass is 329 g/mol. The molecule has 1 aromatic rings. The molecule has 0 aliphatic carbocycles. The third-order valence-corrected chi connectivity index (χ3v) is 4.98. The van der Waals surface area contributed by atoms with E-state index in [0.717, 1.165) is 0 Å². The van der Waals surface area contributed by atoms with Gasteiger partial charge in [-0.25, -0.2) is 4.79 Å². The highest BCUT2D eigenvalue weighted by molar-refractivity contribution is 6.06. The Kier molecular flexibility index (Phi) is 3.80.